The van der Waals surface area contributed by atoms with E-state index in [2.05, 4.69) is 10.2 Å². The molecule has 9 nitrogen and oxygen atoms in total. The van der Waals surface area contributed by atoms with Gasteiger partial charge in [0.1, 0.15) is 11.8 Å². The Labute approximate surface area is 187 Å². The molecule has 1 saturated heterocycles. The molecular formula is C23H28N4O5. The van der Waals surface area contributed by atoms with Crippen molar-refractivity contribution in [3.8, 4) is 17.2 Å². The number of hydrogen-bond donors (Lipinski definition) is 2. The minimum absolute atomic E-state index is 0.0680. The third kappa shape index (κ3) is 5.05. The highest BCUT2D eigenvalue weighted by Gasteiger charge is 2.32. The summed E-state index contributed by atoms with van der Waals surface area (Å²) in [6, 6.07) is 12.4. The molecule has 0 bridgehead atoms. The largest absolute Gasteiger partial charge is 0.497 e. The zero-order valence-corrected chi connectivity index (χ0v) is 18.1. The molecule has 2 aromatic carbocycles. The Morgan fingerprint density at radius 1 is 1.09 bits per heavy atom. The number of anilines is 2. The summed E-state index contributed by atoms with van der Waals surface area (Å²) in [7, 11) is 1.62. The van der Waals surface area contributed by atoms with Gasteiger partial charge in [0.25, 0.3) is 0 Å². The van der Waals surface area contributed by atoms with E-state index < -0.39 is 11.9 Å². The van der Waals surface area contributed by atoms with Crippen LogP contribution in [0.1, 0.15) is 6.42 Å². The number of nitrogens with one attached hydrogen (secondary N) is 1. The van der Waals surface area contributed by atoms with Gasteiger partial charge in [-0.2, -0.15) is 0 Å². The van der Waals surface area contributed by atoms with Crippen LogP contribution in [-0.2, 0) is 9.59 Å². The standard InChI is InChI=1S/C23H28N4O5/c1-30-18-6-4-17(5-7-18)26-9-10-27(19(14-26)23(24)29)15-22(28)25-16-3-8-20-21(13-16)32-12-2-11-31-20/h3-8,13,19H,2,9-12,14-15H2,1H3,(H2,24,29)(H,25,28)/t19-/m1/s1. The zero-order chi connectivity index (χ0) is 22.5. The summed E-state index contributed by atoms with van der Waals surface area (Å²) in [5.74, 6) is 1.38. The first-order chi connectivity index (χ1) is 15.5. The first-order valence-corrected chi connectivity index (χ1v) is 10.7. The lowest BCUT2D eigenvalue weighted by molar-refractivity contribution is -0.125. The number of ether oxygens (including phenoxy) is 3. The van der Waals surface area contributed by atoms with E-state index in [-0.39, 0.29) is 12.5 Å². The number of carbonyl (C=O) groups is 2. The molecule has 1 atom stereocenters. The number of primary amides is 1. The van der Waals surface area contributed by atoms with Gasteiger partial charge >= 0.3 is 0 Å². The van der Waals surface area contributed by atoms with Gasteiger partial charge in [0.15, 0.2) is 11.5 Å². The predicted octanol–water partition coefficient (Wildman–Crippen LogP) is 1.47. The lowest BCUT2D eigenvalue weighted by Gasteiger charge is -2.40. The molecule has 0 radical (unpaired) electrons. The number of fused-ring (bicyclic) bond motifs is 1. The summed E-state index contributed by atoms with van der Waals surface area (Å²) in [6.07, 6.45) is 0.813. The van der Waals surface area contributed by atoms with Crippen LogP contribution in [0.4, 0.5) is 11.4 Å². The fourth-order valence-electron chi connectivity index (χ4n) is 3.93. The van der Waals surface area contributed by atoms with Crippen LogP contribution in [0.5, 0.6) is 17.2 Å². The Hall–Kier alpha value is -3.46. The van der Waals surface area contributed by atoms with E-state index in [0.29, 0.717) is 50.0 Å². The average molecular weight is 441 g/mol. The van der Waals surface area contributed by atoms with Crippen LogP contribution in [0.3, 0.4) is 0 Å². The van der Waals surface area contributed by atoms with Crippen molar-refractivity contribution in [3.05, 3.63) is 42.5 Å². The summed E-state index contributed by atoms with van der Waals surface area (Å²) in [6.45, 7) is 2.87. The number of rotatable bonds is 6. The molecule has 3 N–H and O–H groups in total. The number of nitrogens with zero attached hydrogens (tertiary/aromatic N) is 2. The number of piperazine rings is 1. The van der Waals surface area contributed by atoms with Crippen LogP contribution in [0, 0.1) is 0 Å². The Balaban J connectivity index is 1.38. The minimum Gasteiger partial charge on any atom is -0.497 e. The van der Waals surface area contributed by atoms with Gasteiger partial charge < -0.3 is 30.2 Å². The van der Waals surface area contributed by atoms with Crippen molar-refractivity contribution in [3.63, 3.8) is 0 Å². The van der Waals surface area contributed by atoms with Crippen LogP contribution in [0.25, 0.3) is 0 Å². The second kappa shape index (κ2) is 9.78. The molecular weight excluding hydrogens is 412 g/mol. The average Bonchev–Trinajstić information content (AvgIpc) is 3.04. The van der Waals surface area contributed by atoms with Gasteiger partial charge in [-0.05, 0) is 36.4 Å². The van der Waals surface area contributed by atoms with Crippen molar-refractivity contribution in [2.75, 3.05) is 56.7 Å². The molecule has 2 aromatic rings. The van der Waals surface area contributed by atoms with Crippen LogP contribution in [0.2, 0.25) is 0 Å². The van der Waals surface area contributed by atoms with E-state index in [1.807, 2.05) is 29.2 Å². The van der Waals surface area contributed by atoms with Crippen molar-refractivity contribution in [1.82, 2.24) is 4.90 Å². The smallest absolute Gasteiger partial charge is 0.238 e. The van der Waals surface area contributed by atoms with Crippen molar-refractivity contribution in [2.24, 2.45) is 5.73 Å². The van der Waals surface area contributed by atoms with E-state index in [1.165, 1.54) is 0 Å². The molecule has 2 aliphatic heterocycles. The third-order valence-corrected chi connectivity index (χ3v) is 5.64. The molecule has 2 amide bonds. The molecule has 0 saturated carbocycles. The van der Waals surface area contributed by atoms with Crippen LogP contribution < -0.4 is 30.2 Å². The molecule has 0 aliphatic carbocycles. The lowest BCUT2D eigenvalue weighted by Crippen LogP contribution is -2.59. The molecule has 0 aromatic heterocycles. The van der Waals surface area contributed by atoms with E-state index in [0.717, 1.165) is 17.9 Å². The zero-order valence-electron chi connectivity index (χ0n) is 18.1. The number of benzene rings is 2. The fraction of sp³-hybridized carbons (Fsp3) is 0.391. The molecule has 2 aliphatic rings. The van der Waals surface area contributed by atoms with Gasteiger partial charge in [-0.3, -0.25) is 14.5 Å². The normalized spacial score (nSPS) is 18.5. The molecule has 0 unspecified atom stereocenters. The summed E-state index contributed by atoms with van der Waals surface area (Å²) >= 11 is 0. The summed E-state index contributed by atoms with van der Waals surface area (Å²) in [4.78, 5) is 28.8. The van der Waals surface area contributed by atoms with Gasteiger partial charge in [0, 0.05) is 43.5 Å². The van der Waals surface area contributed by atoms with Crippen LogP contribution in [0.15, 0.2) is 42.5 Å². The summed E-state index contributed by atoms with van der Waals surface area (Å²) in [5.41, 5.74) is 7.27. The topological polar surface area (TPSA) is 106 Å². The maximum absolute atomic E-state index is 12.7. The van der Waals surface area contributed by atoms with Crippen LogP contribution >= 0.6 is 0 Å². The Kier molecular flexibility index (Phi) is 6.65. The Bertz CT molecular complexity index is 965. The predicted molar refractivity (Wildman–Crippen MR) is 120 cm³/mol. The molecule has 9 heteroatoms. The van der Waals surface area contributed by atoms with E-state index in [9.17, 15) is 9.59 Å². The summed E-state index contributed by atoms with van der Waals surface area (Å²) in [5, 5.41) is 2.88. The molecule has 2 heterocycles. The maximum Gasteiger partial charge on any atom is 0.238 e. The van der Waals surface area contributed by atoms with E-state index >= 15 is 0 Å². The third-order valence-electron chi connectivity index (χ3n) is 5.64. The number of methoxy groups -OCH3 is 1. The van der Waals surface area contributed by atoms with E-state index in [4.69, 9.17) is 19.9 Å². The molecule has 0 spiro atoms. The first kappa shape index (κ1) is 21.8. The number of amides is 2. The summed E-state index contributed by atoms with van der Waals surface area (Å²) < 4.78 is 16.5. The minimum atomic E-state index is -0.569. The van der Waals surface area contributed by atoms with Crippen molar-refractivity contribution < 1.29 is 23.8 Å². The van der Waals surface area contributed by atoms with E-state index in [1.54, 1.807) is 25.3 Å². The monoisotopic (exact) mass is 440 g/mol. The van der Waals surface area contributed by atoms with Crippen molar-refractivity contribution >= 4 is 23.2 Å². The highest BCUT2D eigenvalue weighted by Crippen LogP contribution is 2.32. The number of nitrogens with two attached hydrogens (primary N) is 1. The highest BCUT2D eigenvalue weighted by molar-refractivity contribution is 5.93. The van der Waals surface area contributed by atoms with Gasteiger partial charge in [0.2, 0.25) is 11.8 Å². The van der Waals surface area contributed by atoms with Crippen molar-refractivity contribution in [2.45, 2.75) is 12.5 Å². The first-order valence-electron chi connectivity index (χ1n) is 10.7. The Morgan fingerprint density at radius 3 is 2.56 bits per heavy atom. The van der Waals surface area contributed by atoms with Gasteiger partial charge in [-0.1, -0.05) is 0 Å². The second-order valence-electron chi connectivity index (χ2n) is 7.79. The second-order valence-corrected chi connectivity index (χ2v) is 7.79. The molecule has 4 rings (SSSR count). The molecule has 1 fully saturated rings. The SMILES string of the molecule is COc1ccc(N2CCN(CC(=O)Nc3ccc4c(c3)OCCCO4)[C@@H](C(N)=O)C2)cc1. The molecule has 170 valence electrons. The highest BCUT2D eigenvalue weighted by atomic mass is 16.5. The van der Waals surface area contributed by atoms with Gasteiger partial charge in [0.05, 0.1) is 26.9 Å². The number of hydrogen-bond acceptors (Lipinski definition) is 7. The maximum atomic E-state index is 12.7. The fourth-order valence-corrected chi connectivity index (χ4v) is 3.93. The molecule has 32 heavy (non-hydrogen) atoms. The van der Waals surface area contributed by atoms with Crippen LogP contribution in [-0.4, -0.2) is 69.3 Å². The van der Waals surface area contributed by atoms with Gasteiger partial charge in [-0.25, -0.2) is 0 Å². The number of carbonyl (C=O) groups excluding carboxylic acids is 2. The lowest BCUT2D eigenvalue weighted by atomic mass is 10.1. The quantitative estimate of drug-likeness (QED) is 0.701. The van der Waals surface area contributed by atoms with Crippen molar-refractivity contribution in [1.29, 1.82) is 0 Å². The van der Waals surface area contributed by atoms with Gasteiger partial charge in [-0.15, -0.1) is 0 Å². The Morgan fingerprint density at radius 2 is 1.84 bits per heavy atom.